The molecule has 0 N–H and O–H groups in total. The van der Waals surface area contributed by atoms with Crippen LogP contribution in [-0.2, 0) is 14.8 Å². The molecule has 216 valence electrons. The number of carbonyl (C=O) groups excluding carboxylic acids is 1. The highest BCUT2D eigenvalue weighted by atomic mass is 32.2. The van der Waals surface area contributed by atoms with E-state index in [1.165, 1.54) is 43.2 Å². The standard InChI is InChI=1S/C29H42N2O7S/c1-3-5-6-7-8-9-10-11-16-38-26-19-23-25(20-27(26)37-4-2)31(39(34,35)22-12-13-22)21-24(28(23)32)29(33)30-14-17-36-18-15-30/h19-22H,3-18H2,1-2H3. The SMILES string of the molecule is CCCCCCCCCCOc1cc2c(=O)c(C(=O)N3CCOCC3)cn(S(=O)(=O)C3CC3)c2cc1OCC. The lowest BCUT2D eigenvalue weighted by molar-refractivity contribution is 0.0302. The van der Waals surface area contributed by atoms with Crippen molar-refractivity contribution in [2.24, 2.45) is 0 Å². The third kappa shape index (κ3) is 7.14. The van der Waals surface area contributed by atoms with Gasteiger partial charge in [-0.05, 0) is 32.3 Å². The van der Waals surface area contributed by atoms with E-state index in [-0.39, 0.29) is 16.5 Å². The van der Waals surface area contributed by atoms with Crippen molar-refractivity contribution in [2.75, 3.05) is 39.5 Å². The van der Waals surface area contributed by atoms with Crippen LogP contribution in [0, 0.1) is 0 Å². The summed E-state index contributed by atoms with van der Waals surface area (Å²) in [4.78, 5) is 28.5. The number of carbonyl (C=O) groups is 1. The van der Waals surface area contributed by atoms with Gasteiger partial charge in [0.1, 0.15) is 5.56 Å². The predicted molar refractivity (Wildman–Crippen MR) is 152 cm³/mol. The number of fused-ring (bicyclic) bond motifs is 1. The fraction of sp³-hybridized carbons (Fsp3) is 0.655. The van der Waals surface area contributed by atoms with Crippen LogP contribution in [-0.4, -0.2) is 68.0 Å². The second-order valence-corrected chi connectivity index (χ2v) is 12.5. The van der Waals surface area contributed by atoms with Gasteiger partial charge in [-0.1, -0.05) is 51.9 Å². The Morgan fingerprint density at radius 1 is 0.949 bits per heavy atom. The van der Waals surface area contributed by atoms with Crippen LogP contribution in [0.5, 0.6) is 11.5 Å². The lowest BCUT2D eigenvalue weighted by Gasteiger charge is -2.27. The third-order valence-electron chi connectivity index (χ3n) is 7.34. The molecule has 0 atom stereocenters. The van der Waals surface area contributed by atoms with E-state index in [0.29, 0.717) is 63.9 Å². The first-order valence-electron chi connectivity index (χ1n) is 14.5. The van der Waals surface area contributed by atoms with Gasteiger partial charge in [-0.3, -0.25) is 9.59 Å². The number of hydrogen-bond donors (Lipinski definition) is 0. The molecule has 1 aliphatic carbocycles. The molecular weight excluding hydrogens is 520 g/mol. The van der Waals surface area contributed by atoms with Crippen LogP contribution in [0.4, 0.5) is 0 Å². The van der Waals surface area contributed by atoms with E-state index in [1.807, 2.05) is 6.92 Å². The van der Waals surface area contributed by atoms with Gasteiger partial charge in [0.05, 0.1) is 42.6 Å². The lowest BCUT2D eigenvalue weighted by Crippen LogP contribution is -2.42. The van der Waals surface area contributed by atoms with Gasteiger partial charge in [-0.2, -0.15) is 0 Å². The fourth-order valence-electron chi connectivity index (χ4n) is 4.93. The zero-order valence-corrected chi connectivity index (χ0v) is 24.1. The number of hydrogen-bond acceptors (Lipinski definition) is 7. The van der Waals surface area contributed by atoms with Crippen LogP contribution >= 0.6 is 0 Å². The van der Waals surface area contributed by atoms with Gasteiger partial charge in [0.25, 0.3) is 5.91 Å². The highest BCUT2D eigenvalue weighted by molar-refractivity contribution is 7.91. The number of benzene rings is 1. The minimum Gasteiger partial charge on any atom is -0.490 e. The highest BCUT2D eigenvalue weighted by Gasteiger charge is 2.38. The summed E-state index contributed by atoms with van der Waals surface area (Å²) in [5.41, 5.74) is -0.469. The molecule has 0 bridgehead atoms. The molecular formula is C29H42N2O7S. The van der Waals surface area contributed by atoms with Gasteiger partial charge in [-0.15, -0.1) is 0 Å². The zero-order valence-electron chi connectivity index (χ0n) is 23.3. The minimum absolute atomic E-state index is 0.132. The van der Waals surface area contributed by atoms with Crippen LogP contribution in [0.15, 0.2) is 23.1 Å². The Morgan fingerprint density at radius 2 is 1.59 bits per heavy atom. The molecule has 10 heteroatoms. The van der Waals surface area contributed by atoms with E-state index >= 15 is 0 Å². The molecule has 2 heterocycles. The predicted octanol–water partition coefficient (Wildman–Crippen LogP) is 4.73. The average Bonchev–Trinajstić information content (AvgIpc) is 3.79. The molecule has 1 saturated carbocycles. The van der Waals surface area contributed by atoms with Crippen molar-refractivity contribution in [3.63, 3.8) is 0 Å². The van der Waals surface area contributed by atoms with Gasteiger partial charge < -0.3 is 19.1 Å². The molecule has 0 unspecified atom stereocenters. The van der Waals surface area contributed by atoms with Crippen molar-refractivity contribution in [3.8, 4) is 11.5 Å². The van der Waals surface area contributed by atoms with Crippen molar-refractivity contribution in [3.05, 3.63) is 34.1 Å². The molecule has 1 aromatic heterocycles. The molecule has 9 nitrogen and oxygen atoms in total. The van der Waals surface area contributed by atoms with Crippen molar-refractivity contribution >= 4 is 26.8 Å². The summed E-state index contributed by atoms with van der Waals surface area (Å²) in [6.45, 7) is 6.32. The summed E-state index contributed by atoms with van der Waals surface area (Å²) in [6, 6.07) is 3.11. The first-order valence-corrected chi connectivity index (χ1v) is 16.0. The Balaban J connectivity index is 1.63. The molecule has 1 aromatic carbocycles. The maximum absolute atomic E-state index is 13.6. The zero-order chi connectivity index (χ0) is 27.8. The Labute approximate surface area is 231 Å². The van der Waals surface area contributed by atoms with Gasteiger partial charge >= 0.3 is 0 Å². The summed E-state index contributed by atoms with van der Waals surface area (Å²) in [5.74, 6) is 0.284. The number of pyridine rings is 1. The normalized spacial score (nSPS) is 16.0. The van der Waals surface area contributed by atoms with Crippen LogP contribution in [0.1, 0.15) is 88.4 Å². The van der Waals surface area contributed by atoms with Crippen LogP contribution in [0.25, 0.3) is 10.9 Å². The summed E-state index contributed by atoms with van der Waals surface area (Å²) >= 11 is 0. The highest BCUT2D eigenvalue weighted by Crippen LogP contribution is 2.36. The number of rotatable bonds is 15. The van der Waals surface area contributed by atoms with E-state index in [9.17, 15) is 18.0 Å². The van der Waals surface area contributed by atoms with Crippen LogP contribution < -0.4 is 14.9 Å². The monoisotopic (exact) mass is 562 g/mol. The Kier molecular flexibility index (Phi) is 10.3. The largest absolute Gasteiger partial charge is 0.490 e. The Bertz CT molecular complexity index is 1290. The number of morpholine rings is 1. The molecule has 4 rings (SSSR count). The Hall–Kier alpha value is -2.59. The average molecular weight is 563 g/mol. The first kappa shape index (κ1) is 29.4. The number of amides is 1. The van der Waals surface area contributed by atoms with E-state index in [2.05, 4.69) is 6.92 Å². The van der Waals surface area contributed by atoms with Gasteiger partial charge in [0.2, 0.25) is 15.5 Å². The molecule has 0 radical (unpaired) electrons. The third-order valence-corrected chi connectivity index (χ3v) is 9.50. The number of unbranched alkanes of at least 4 members (excludes halogenated alkanes) is 7. The maximum atomic E-state index is 13.6. The van der Waals surface area contributed by atoms with Crippen molar-refractivity contribution in [1.29, 1.82) is 0 Å². The van der Waals surface area contributed by atoms with Crippen molar-refractivity contribution in [1.82, 2.24) is 8.87 Å². The minimum atomic E-state index is -3.79. The van der Waals surface area contributed by atoms with Gasteiger partial charge in [0, 0.05) is 25.4 Å². The number of aromatic nitrogens is 1. The topological polar surface area (TPSA) is 104 Å². The molecule has 1 amide bonds. The molecule has 0 spiro atoms. The maximum Gasteiger partial charge on any atom is 0.259 e. The van der Waals surface area contributed by atoms with Crippen molar-refractivity contribution < 1.29 is 27.4 Å². The summed E-state index contributed by atoms with van der Waals surface area (Å²) in [7, 11) is -3.79. The molecule has 1 aliphatic heterocycles. The summed E-state index contributed by atoms with van der Waals surface area (Å²) in [5, 5.41) is -0.393. The fourth-order valence-corrected chi connectivity index (χ4v) is 6.66. The molecule has 2 aliphatic rings. The van der Waals surface area contributed by atoms with Crippen molar-refractivity contribution in [2.45, 2.75) is 83.3 Å². The summed E-state index contributed by atoms with van der Waals surface area (Å²) in [6.07, 6.45) is 11.7. The van der Waals surface area contributed by atoms with Crippen LogP contribution in [0.2, 0.25) is 0 Å². The molecule has 39 heavy (non-hydrogen) atoms. The van der Waals surface area contributed by atoms with Crippen LogP contribution in [0.3, 0.4) is 0 Å². The number of ether oxygens (including phenoxy) is 3. The first-order chi connectivity index (χ1) is 18.9. The molecule has 2 aromatic rings. The number of nitrogens with zero attached hydrogens (tertiary/aromatic N) is 2. The van der Waals surface area contributed by atoms with E-state index in [1.54, 1.807) is 12.1 Å². The lowest BCUT2D eigenvalue weighted by atomic mass is 10.1. The summed E-state index contributed by atoms with van der Waals surface area (Å²) < 4.78 is 45.2. The smallest absolute Gasteiger partial charge is 0.259 e. The van der Waals surface area contributed by atoms with Gasteiger partial charge in [-0.25, -0.2) is 12.4 Å². The second kappa shape index (κ2) is 13.7. The Morgan fingerprint density at radius 3 is 2.23 bits per heavy atom. The van der Waals surface area contributed by atoms with Gasteiger partial charge in [0.15, 0.2) is 11.5 Å². The molecule has 2 fully saturated rings. The van der Waals surface area contributed by atoms with E-state index in [4.69, 9.17) is 14.2 Å². The second-order valence-electron chi connectivity index (χ2n) is 10.4. The molecule has 1 saturated heterocycles. The van der Waals surface area contributed by atoms with E-state index < -0.39 is 26.6 Å². The van der Waals surface area contributed by atoms with E-state index in [0.717, 1.165) is 23.2 Å². The quantitative estimate of drug-likeness (QED) is 0.289.